The number of furan rings is 1. The standard InChI is InChI=1S/C22H19N5O3/c1-15-10-11-20(29-2)18(13-15)23-22(28)19(14-17-9-6-12-30-17)27-21(24-25-26-27)16-7-4-3-5-8-16/h3-14H,1-2H3,(H,23,28)/b19-14+. The first kappa shape index (κ1) is 19.1. The molecule has 1 amide bonds. The second-order valence-electron chi connectivity index (χ2n) is 6.48. The molecule has 2 aromatic heterocycles. The summed E-state index contributed by atoms with van der Waals surface area (Å²) in [6.07, 6.45) is 3.11. The van der Waals surface area contributed by atoms with Crippen molar-refractivity contribution in [3.8, 4) is 17.1 Å². The molecule has 2 aromatic carbocycles. The number of carbonyl (C=O) groups excluding carboxylic acids is 1. The fraction of sp³-hybridized carbons (Fsp3) is 0.0909. The lowest BCUT2D eigenvalue weighted by molar-refractivity contribution is -0.111. The van der Waals surface area contributed by atoms with E-state index in [-0.39, 0.29) is 5.70 Å². The molecule has 8 nitrogen and oxygen atoms in total. The quantitative estimate of drug-likeness (QED) is 0.493. The van der Waals surface area contributed by atoms with E-state index in [1.54, 1.807) is 31.4 Å². The Labute approximate surface area is 172 Å². The zero-order chi connectivity index (χ0) is 20.9. The van der Waals surface area contributed by atoms with Gasteiger partial charge in [-0.2, -0.15) is 4.68 Å². The van der Waals surface area contributed by atoms with E-state index in [1.165, 1.54) is 10.9 Å². The highest BCUT2D eigenvalue weighted by atomic mass is 16.5. The second-order valence-corrected chi connectivity index (χ2v) is 6.48. The number of hydrogen-bond acceptors (Lipinski definition) is 6. The number of ether oxygens (including phenoxy) is 1. The highest BCUT2D eigenvalue weighted by Gasteiger charge is 2.21. The fourth-order valence-corrected chi connectivity index (χ4v) is 2.95. The third kappa shape index (κ3) is 3.97. The van der Waals surface area contributed by atoms with Crippen LogP contribution in [-0.4, -0.2) is 33.2 Å². The van der Waals surface area contributed by atoms with Crippen LogP contribution >= 0.6 is 0 Å². The van der Waals surface area contributed by atoms with Gasteiger partial charge in [-0.25, -0.2) is 0 Å². The van der Waals surface area contributed by atoms with Crippen molar-refractivity contribution < 1.29 is 13.9 Å². The number of hydrogen-bond donors (Lipinski definition) is 1. The van der Waals surface area contributed by atoms with E-state index < -0.39 is 5.91 Å². The van der Waals surface area contributed by atoms with E-state index in [1.807, 2.05) is 49.4 Å². The second kappa shape index (κ2) is 8.44. The lowest BCUT2D eigenvalue weighted by atomic mass is 10.2. The number of aromatic nitrogens is 4. The largest absolute Gasteiger partial charge is 0.495 e. The molecule has 0 aliphatic rings. The minimum Gasteiger partial charge on any atom is -0.495 e. The molecule has 0 atom stereocenters. The summed E-state index contributed by atoms with van der Waals surface area (Å²) in [4.78, 5) is 13.3. The predicted molar refractivity (Wildman–Crippen MR) is 112 cm³/mol. The van der Waals surface area contributed by atoms with Crippen molar-refractivity contribution in [2.75, 3.05) is 12.4 Å². The zero-order valence-corrected chi connectivity index (χ0v) is 16.4. The number of nitrogens with one attached hydrogen (secondary N) is 1. The predicted octanol–water partition coefficient (Wildman–Crippen LogP) is 3.89. The first-order valence-corrected chi connectivity index (χ1v) is 9.21. The SMILES string of the molecule is COc1ccc(C)cc1NC(=O)/C(=C\c1ccco1)n1nnnc1-c1ccccc1. The number of amides is 1. The molecule has 0 aliphatic heterocycles. The van der Waals surface area contributed by atoms with E-state index in [0.717, 1.165) is 11.1 Å². The Hall–Kier alpha value is -4.20. The number of aryl methyl sites for hydroxylation is 1. The summed E-state index contributed by atoms with van der Waals surface area (Å²) in [6, 6.07) is 18.4. The first-order valence-electron chi connectivity index (χ1n) is 9.21. The van der Waals surface area contributed by atoms with E-state index in [2.05, 4.69) is 20.8 Å². The van der Waals surface area contributed by atoms with Gasteiger partial charge in [-0.15, -0.1) is 5.10 Å². The van der Waals surface area contributed by atoms with Gasteiger partial charge in [0.1, 0.15) is 17.2 Å². The van der Waals surface area contributed by atoms with E-state index >= 15 is 0 Å². The molecule has 0 bridgehead atoms. The topological polar surface area (TPSA) is 95.1 Å². The van der Waals surface area contributed by atoms with E-state index in [9.17, 15) is 4.79 Å². The number of tetrazole rings is 1. The van der Waals surface area contributed by atoms with Crippen molar-refractivity contribution >= 4 is 23.4 Å². The van der Waals surface area contributed by atoms with Crippen LogP contribution in [0.2, 0.25) is 0 Å². The minimum absolute atomic E-state index is 0.192. The Balaban J connectivity index is 1.77. The highest BCUT2D eigenvalue weighted by Crippen LogP contribution is 2.27. The summed E-state index contributed by atoms with van der Waals surface area (Å²) >= 11 is 0. The van der Waals surface area contributed by atoms with Gasteiger partial charge in [0, 0.05) is 11.6 Å². The van der Waals surface area contributed by atoms with Crippen LogP contribution < -0.4 is 10.1 Å². The van der Waals surface area contributed by atoms with Crippen molar-refractivity contribution in [2.24, 2.45) is 0 Å². The third-order valence-corrected chi connectivity index (χ3v) is 4.39. The van der Waals surface area contributed by atoms with Gasteiger partial charge in [-0.05, 0) is 47.2 Å². The summed E-state index contributed by atoms with van der Waals surface area (Å²) in [5.41, 5.74) is 2.49. The molecule has 8 heteroatoms. The average Bonchev–Trinajstić information content (AvgIpc) is 3.45. The molecule has 4 rings (SSSR count). The van der Waals surface area contributed by atoms with Crippen molar-refractivity contribution in [2.45, 2.75) is 6.92 Å². The Morgan fingerprint density at radius 3 is 2.70 bits per heavy atom. The Bertz CT molecular complexity index is 1180. The minimum atomic E-state index is -0.417. The average molecular weight is 401 g/mol. The van der Waals surface area contributed by atoms with Gasteiger partial charge in [0.2, 0.25) is 0 Å². The first-order chi connectivity index (χ1) is 14.7. The molecule has 0 fully saturated rings. The van der Waals surface area contributed by atoms with Crippen LogP contribution in [0.5, 0.6) is 5.75 Å². The monoisotopic (exact) mass is 401 g/mol. The Morgan fingerprint density at radius 2 is 1.97 bits per heavy atom. The summed E-state index contributed by atoms with van der Waals surface area (Å²) in [6.45, 7) is 1.93. The normalized spacial score (nSPS) is 11.3. The summed E-state index contributed by atoms with van der Waals surface area (Å²) in [5, 5.41) is 14.8. The van der Waals surface area contributed by atoms with Gasteiger partial charge in [0.25, 0.3) is 5.91 Å². The number of anilines is 1. The molecule has 1 N–H and O–H groups in total. The van der Waals surface area contributed by atoms with Crippen LogP contribution in [0, 0.1) is 6.92 Å². The summed E-state index contributed by atoms with van der Waals surface area (Å²) in [7, 11) is 1.55. The van der Waals surface area contributed by atoms with Crippen molar-refractivity contribution in [1.29, 1.82) is 0 Å². The molecule has 4 aromatic rings. The van der Waals surface area contributed by atoms with Gasteiger partial charge < -0.3 is 14.5 Å². The van der Waals surface area contributed by atoms with Crippen LogP contribution in [0.3, 0.4) is 0 Å². The molecule has 0 saturated carbocycles. The van der Waals surface area contributed by atoms with Crippen LogP contribution in [0.25, 0.3) is 23.2 Å². The Kier molecular flexibility index (Phi) is 5.38. The van der Waals surface area contributed by atoms with Gasteiger partial charge in [-0.1, -0.05) is 36.4 Å². The summed E-state index contributed by atoms with van der Waals surface area (Å²) in [5.74, 6) is 1.05. The number of carbonyl (C=O) groups is 1. The maximum atomic E-state index is 13.3. The van der Waals surface area contributed by atoms with Crippen molar-refractivity contribution in [1.82, 2.24) is 20.2 Å². The lowest BCUT2D eigenvalue weighted by Gasteiger charge is -2.13. The van der Waals surface area contributed by atoms with Gasteiger partial charge >= 0.3 is 0 Å². The molecule has 150 valence electrons. The fourth-order valence-electron chi connectivity index (χ4n) is 2.95. The summed E-state index contributed by atoms with van der Waals surface area (Å²) < 4.78 is 12.2. The van der Waals surface area contributed by atoms with Gasteiger partial charge in [0.15, 0.2) is 5.82 Å². The molecule has 0 unspecified atom stereocenters. The van der Waals surface area contributed by atoms with Crippen LogP contribution in [0.4, 0.5) is 5.69 Å². The molecule has 0 spiro atoms. The Morgan fingerprint density at radius 1 is 1.13 bits per heavy atom. The molecule has 0 aliphatic carbocycles. The molecule has 30 heavy (non-hydrogen) atoms. The third-order valence-electron chi connectivity index (χ3n) is 4.39. The van der Waals surface area contributed by atoms with Crippen molar-refractivity contribution in [3.63, 3.8) is 0 Å². The number of nitrogens with zero attached hydrogens (tertiary/aromatic N) is 4. The molecular formula is C22H19N5O3. The number of methoxy groups -OCH3 is 1. The van der Waals surface area contributed by atoms with Crippen LogP contribution in [0.15, 0.2) is 71.3 Å². The molecular weight excluding hydrogens is 382 g/mol. The number of benzene rings is 2. The van der Waals surface area contributed by atoms with Crippen LogP contribution in [-0.2, 0) is 4.79 Å². The van der Waals surface area contributed by atoms with Gasteiger partial charge in [0.05, 0.1) is 19.1 Å². The molecule has 0 radical (unpaired) electrons. The smallest absolute Gasteiger partial charge is 0.274 e. The maximum absolute atomic E-state index is 13.3. The zero-order valence-electron chi connectivity index (χ0n) is 16.4. The van der Waals surface area contributed by atoms with Crippen molar-refractivity contribution in [3.05, 3.63) is 78.3 Å². The van der Waals surface area contributed by atoms with E-state index in [4.69, 9.17) is 9.15 Å². The molecule has 2 heterocycles. The lowest BCUT2D eigenvalue weighted by Crippen LogP contribution is -2.19. The number of rotatable bonds is 6. The molecule has 0 saturated heterocycles. The maximum Gasteiger partial charge on any atom is 0.274 e. The van der Waals surface area contributed by atoms with Gasteiger partial charge in [-0.3, -0.25) is 4.79 Å². The van der Waals surface area contributed by atoms with Crippen LogP contribution in [0.1, 0.15) is 11.3 Å². The van der Waals surface area contributed by atoms with E-state index in [0.29, 0.717) is 23.0 Å². The highest BCUT2D eigenvalue weighted by molar-refractivity contribution is 6.24.